The zero-order valence-electron chi connectivity index (χ0n) is 9.80. The molecule has 0 bridgehead atoms. The van der Waals surface area contributed by atoms with Gasteiger partial charge in [-0.05, 0) is 20.9 Å². The van der Waals surface area contributed by atoms with Crippen molar-refractivity contribution in [3.63, 3.8) is 0 Å². The van der Waals surface area contributed by atoms with Crippen LogP contribution in [0.15, 0.2) is 0 Å². The van der Waals surface area contributed by atoms with Crippen molar-refractivity contribution in [2.45, 2.75) is 33.7 Å². The van der Waals surface area contributed by atoms with E-state index >= 15 is 0 Å². The molecule has 2 heterocycles. The SMILES string of the molecule is CC.CC(C)N1CC2(CN(C)C2)C1. The van der Waals surface area contributed by atoms with Gasteiger partial charge in [0.25, 0.3) is 0 Å². The van der Waals surface area contributed by atoms with Crippen LogP contribution in [0.3, 0.4) is 0 Å². The standard InChI is InChI=1S/C9H18N2.C2H6/c1-8(2)11-6-9(7-11)4-10(3)5-9;1-2/h8H,4-7H2,1-3H3;1-2H3. The van der Waals surface area contributed by atoms with Crippen LogP contribution in [-0.4, -0.2) is 49.1 Å². The number of hydrogen-bond acceptors (Lipinski definition) is 2. The summed E-state index contributed by atoms with van der Waals surface area (Å²) < 4.78 is 0. The molecule has 0 aliphatic carbocycles. The van der Waals surface area contributed by atoms with Crippen LogP contribution >= 0.6 is 0 Å². The van der Waals surface area contributed by atoms with Crippen molar-refractivity contribution in [3.05, 3.63) is 0 Å². The number of nitrogens with zero attached hydrogens (tertiary/aromatic N) is 2. The van der Waals surface area contributed by atoms with Gasteiger partial charge in [0.2, 0.25) is 0 Å². The zero-order valence-corrected chi connectivity index (χ0v) is 9.80. The first-order valence-corrected chi connectivity index (χ1v) is 5.54. The lowest BCUT2D eigenvalue weighted by Crippen LogP contribution is -2.72. The summed E-state index contributed by atoms with van der Waals surface area (Å²) in [7, 11) is 2.21. The van der Waals surface area contributed by atoms with E-state index in [1.165, 1.54) is 26.2 Å². The van der Waals surface area contributed by atoms with Gasteiger partial charge in [0.1, 0.15) is 0 Å². The van der Waals surface area contributed by atoms with Gasteiger partial charge in [0.05, 0.1) is 0 Å². The second kappa shape index (κ2) is 3.97. The molecule has 0 unspecified atom stereocenters. The molecule has 0 atom stereocenters. The van der Waals surface area contributed by atoms with Crippen LogP contribution in [0.4, 0.5) is 0 Å². The van der Waals surface area contributed by atoms with Crippen LogP contribution in [0.25, 0.3) is 0 Å². The minimum Gasteiger partial charge on any atom is -0.305 e. The first-order valence-electron chi connectivity index (χ1n) is 5.54. The molecular weight excluding hydrogens is 160 g/mol. The van der Waals surface area contributed by atoms with Gasteiger partial charge >= 0.3 is 0 Å². The molecule has 2 heteroatoms. The van der Waals surface area contributed by atoms with Gasteiger partial charge in [-0.2, -0.15) is 0 Å². The summed E-state index contributed by atoms with van der Waals surface area (Å²) in [6, 6.07) is 0.756. The summed E-state index contributed by atoms with van der Waals surface area (Å²) in [5, 5.41) is 0. The predicted octanol–water partition coefficient (Wildman–Crippen LogP) is 1.67. The van der Waals surface area contributed by atoms with E-state index in [0.29, 0.717) is 0 Å². The van der Waals surface area contributed by atoms with Crippen molar-refractivity contribution in [1.29, 1.82) is 0 Å². The Morgan fingerprint density at radius 1 is 1.00 bits per heavy atom. The summed E-state index contributed by atoms with van der Waals surface area (Å²) in [4.78, 5) is 4.98. The molecule has 0 aromatic heterocycles. The maximum absolute atomic E-state index is 2.56. The van der Waals surface area contributed by atoms with E-state index < -0.39 is 0 Å². The van der Waals surface area contributed by atoms with Crippen molar-refractivity contribution in [1.82, 2.24) is 9.80 Å². The average molecular weight is 184 g/mol. The lowest BCUT2D eigenvalue weighted by molar-refractivity contribution is -0.115. The third-order valence-corrected chi connectivity index (χ3v) is 3.02. The Kier molecular flexibility index (Phi) is 3.36. The molecule has 0 amide bonds. The van der Waals surface area contributed by atoms with E-state index in [2.05, 4.69) is 30.7 Å². The minimum atomic E-state index is 0.721. The van der Waals surface area contributed by atoms with E-state index in [9.17, 15) is 0 Å². The Hall–Kier alpha value is -0.0800. The molecule has 2 aliphatic heterocycles. The molecule has 78 valence electrons. The number of hydrogen-bond donors (Lipinski definition) is 0. The fourth-order valence-electron chi connectivity index (χ4n) is 2.48. The molecule has 0 N–H and O–H groups in total. The molecule has 0 saturated carbocycles. The normalized spacial score (nSPS) is 26.3. The van der Waals surface area contributed by atoms with Crippen molar-refractivity contribution >= 4 is 0 Å². The van der Waals surface area contributed by atoms with Crippen molar-refractivity contribution in [3.8, 4) is 0 Å². The van der Waals surface area contributed by atoms with E-state index in [4.69, 9.17) is 0 Å². The van der Waals surface area contributed by atoms with Gasteiger partial charge in [-0.3, -0.25) is 4.90 Å². The Morgan fingerprint density at radius 3 is 1.77 bits per heavy atom. The van der Waals surface area contributed by atoms with E-state index in [0.717, 1.165) is 11.5 Å². The third kappa shape index (κ3) is 2.05. The van der Waals surface area contributed by atoms with Gasteiger partial charge < -0.3 is 4.90 Å². The Morgan fingerprint density at radius 2 is 1.46 bits per heavy atom. The summed E-state index contributed by atoms with van der Waals surface area (Å²) in [6.07, 6.45) is 0. The lowest BCUT2D eigenvalue weighted by atomic mass is 9.72. The van der Waals surface area contributed by atoms with E-state index in [-0.39, 0.29) is 0 Å². The van der Waals surface area contributed by atoms with Crippen molar-refractivity contribution in [2.75, 3.05) is 33.2 Å². The Bertz CT molecular complexity index is 151. The van der Waals surface area contributed by atoms with Gasteiger partial charge in [-0.15, -0.1) is 0 Å². The molecule has 0 aromatic carbocycles. The van der Waals surface area contributed by atoms with Gasteiger partial charge in [0.15, 0.2) is 0 Å². The highest BCUT2D eigenvalue weighted by Gasteiger charge is 2.50. The maximum atomic E-state index is 2.56. The van der Waals surface area contributed by atoms with E-state index in [1.54, 1.807) is 0 Å². The predicted molar refractivity (Wildman–Crippen MR) is 58.0 cm³/mol. The largest absolute Gasteiger partial charge is 0.305 e. The second-order valence-electron chi connectivity index (χ2n) is 4.67. The summed E-state index contributed by atoms with van der Waals surface area (Å²) >= 11 is 0. The Balaban J connectivity index is 0.000000396. The highest BCUT2D eigenvalue weighted by Crippen LogP contribution is 2.39. The molecule has 2 rings (SSSR count). The van der Waals surface area contributed by atoms with Crippen LogP contribution in [0.1, 0.15) is 27.7 Å². The fourth-order valence-corrected chi connectivity index (χ4v) is 2.48. The number of rotatable bonds is 1. The third-order valence-electron chi connectivity index (χ3n) is 3.02. The molecule has 0 aromatic rings. The van der Waals surface area contributed by atoms with Crippen LogP contribution in [0, 0.1) is 5.41 Å². The highest BCUT2D eigenvalue weighted by atomic mass is 15.3. The van der Waals surface area contributed by atoms with Crippen LogP contribution in [0.2, 0.25) is 0 Å². The molecule has 2 saturated heterocycles. The van der Waals surface area contributed by atoms with Crippen molar-refractivity contribution in [2.24, 2.45) is 5.41 Å². The van der Waals surface area contributed by atoms with Gasteiger partial charge in [0, 0.05) is 37.6 Å². The minimum absolute atomic E-state index is 0.721. The van der Waals surface area contributed by atoms with E-state index in [1.807, 2.05) is 13.8 Å². The van der Waals surface area contributed by atoms with Crippen LogP contribution < -0.4 is 0 Å². The molecule has 2 nitrogen and oxygen atoms in total. The summed E-state index contributed by atoms with van der Waals surface area (Å²) in [5.74, 6) is 0. The van der Waals surface area contributed by atoms with Crippen LogP contribution in [-0.2, 0) is 0 Å². The summed E-state index contributed by atoms with van der Waals surface area (Å²) in [6.45, 7) is 13.9. The monoisotopic (exact) mass is 184 g/mol. The molecule has 1 spiro atoms. The first-order chi connectivity index (χ1) is 6.11. The quantitative estimate of drug-likeness (QED) is 0.611. The molecule has 13 heavy (non-hydrogen) atoms. The number of likely N-dealkylation sites (tertiary alicyclic amines) is 2. The Labute approximate surface area is 82.9 Å². The second-order valence-corrected chi connectivity index (χ2v) is 4.67. The first kappa shape index (κ1) is 11.0. The van der Waals surface area contributed by atoms with Gasteiger partial charge in [-0.25, -0.2) is 0 Å². The maximum Gasteiger partial charge on any atom is 0.0212 e. The molecule has 2 aliphatic rings. The molecular formula is C11H24N2. The summed E-state index contributed by atoms with van der Waals surface area (Å²) in [5.41, 5.74) is 0.721. The average Bonchev–Trinajstić information content (AvgIpc) is 1.97. The highest BCUT2D eigenvalue weighted by molar-refractivity contribution is 5.05. The molecule has 0 radical (unpaired) electrons. The van der Waals surface area contributed by atoms with Crippen LogP contribution in [0.5, 0.6) is 0 Å². The molecule has 2 fully saturated rings. The topological polar surface area (TPSA) is 6.48 Å². The lowest BCUT2D eigenvalue weighted by Gasteiger charge is -2.60. The smallest absolute Gasteiger partial charge is 0.0212 e. The zero-order chi connectivity index (χ0) is 10.1. The fraction of sp³-hybridized carbons (Fsp3) is 1.00. The van der Waals surface area contributed by atoms with Crippen molar-refractivity contribution < 1.29 is 0 Å². The van der Waals surface area contributed by atoms with Gasteiger partial charge in [-0.1, -0.05) is 13.8 Å².